The van der Waals surface area contributed by atoms with Crippen molar-refractivity contribution < 1.29 is 4.39 Å². The number of nitrogens with zero attached hydrogens (tertiary/aromatic N) is 3. The number of aromatic nitrogens is 3. The van der Waals surface area contributed by atoms with E-state index in [0.29, 0.717) is 12.4 Å². The van der Waals surface area contributed by atoms with Gasteiger partial charge in [0.05, 0.1) is 12.2 Å². The van der Waals surface area contributed by atoms with Gasteiger partial charge in [-0.3, -0.25) is 0 Å². The Balaban J connectivity index is 2.27. The third-order valence-corrected chi connectivity index (χ3v) is 2.42. The monoisotopic (exact) mass is 220 g/mol. The van der Waals surface area contributed by atoms with Gasteiger partial charge in [-0.25, -0.2) is 9.07 Å². The van der Waals surface area contributed by atoms with Crippen LogP contribution in [0.3, 0.4) is 0 Å². The second-order valence-electron chi connectivity index (χ2n) is 3.56. The number of nitrogen functional groups attached to an aromatic ring is 1. The summed E-state index contributed by atoms with van der Waals surface area (Å²) in [5.41, 5.74) is 7.39. The van der Waals surface area contributed by atoms with Crippen LogP contribution in [0.25, 0.3) is 0 Å². The Hall–Kier alpha value is -1.91. The van der Waals surface area contributed by atoms with Crippen LogP contribution in [-0.2, 0) is 13.0 Å². The predicted molar refractivity (Wildman–Crippen MR) is 59.3 cm³/mol. The summed E-state index contributed by atoms with van der Waals surface area (Å²) < 4.78 is 14.7. The van der Waals surface area contributed by atoms with Crippen molar-refractivity contribution in [1.82, 2.24) is 15.0 Å². The van der Waals surface area contributed by atoms with Crippen molar-refractivity contribution in [2.24, 2.45) is 0 Å². The van der Waals surface area contributed by atoms with Gasteiger partial charge in [0.15, 0.2) is 5.82 Å². The summed E-state index contributed by atoms with van der Waals surface area (Å²) in [5, 5.41) is 7.73. The highest BCUT2D eigenvalue weighted by Gasteiger charge is 2.08. The second kappa shape index (κ2) is 4.30. The molecular formula is C11H13FN4. The Morgan fingerprint density at radius 2 is 2.25 bits per heavy atom. The van der Waals surface area contributed by atoms with Gasteiger partial charge in [0.25, 0.3) is 0 Å². The van der Waals surface area contributed by atoms with E-state index >= 15 is 0 Å². The van der Waals surface area contributed by atoms with Crippen molar-refractivity contribution in [3.8, 4) is 0 Å². The molecule has 0 saturated carbocycles. The van der Waals surface area contributed by atoms with Gasteiger partial charge in [0.2, 0.25) is 0 Å². The Morgan fingerprint density at radius 3 is 2.94 bits per heavy atom. The van der Waals surface area contributed by atoms with E-state index in [-0.39, 0.29) is 5.82 Å². The molecule has 2 rings (SSSR count). The lowest BCUT2D eigenvalue weighted by molar-refractivity contribution is 0.604. The van der Waals surface area contributed by atoms with Crippen LogP contribution in [0.1, 0.15) is 18.2 Å². The highest BCUT2D eigenvalue weighted by Crippen LogP contribution is 2.11. The molecular weight excluding hydrogens is 207 g/mol. The Bertz CT molecular complexity index is 492. The third kappa shape index (κ3) is 2.03. The first-order chi connectivity index (χ1) is 7.70. The highest BCUT2D eigenvalue weighted by atomic mass is 19.1. The first-order valence-corrected chi connectivity index (χ1v) is 5.13. The van der Waals surface area contributed by atoms with Crippen molar-refractivity contribution >= 4 is 5.82 Å². The molecule has 2 aromatic rings. The lowest BCUT2D eigenvalue weighted by atomic mass is 10.2. The van der Waals surface area contributed by atoms with E-state index in [2.05, 4.69) is 10.3 Å². The van der Waals surface area contributed by atoms with E-state index in [1.165, 1.54) is 12.1 Å². The molecule has 0 aliphatic rings. The largest absolute Gasteiger partial charge is 0.381 e. The molecule has 0 bridgehead atoms. The summed E-state index contributed by atoms with van der Waals surface area (Å²) in [6, 6.07) is 6.42. The normalized spacial score (nSPS) is 10.6. The summed E-state index contributed by atoms with van der Waals surface area (Å²) in [4.78, 5) is 0. The minimum Gasteiger partial charge on any atom is -0.381 e. The van der Waals surface area contributed by atoms with Gasteiger partial charge in [-0.15, -0.1) is 5.10 Å². The molecule has 4 nitrogen and oxygen atoms in total. The van der Waals surface area contributed by atoms with E-state index < -0.39 is 0 Å². The maximum atomic E-state index is 13.0. The van der Waals surface area contributed by atoms with E-state index in [0.717, 1.165) is 17.7 Å². The van der Waals surface area contributed by atoms with E-state index in [1.807, 2.05) is 13.0 Å². The number of halogens is 1. The number of nitrogens with two attached hydrogens (primary N) is 1. The van der Waals surface area contributed by atoms with Crippen LogP contribution < -0.4 is 5.73 Å². The molecule has 0 radical (unpaired) electrons. The van der Waals surface area contributed by atoms with E-state index in [1.54, 1.807) is 10.7 Å². The minimum absolute atomic E-state index is 0.247. The van der Waals surface area contributed by atoms with Gasteiger partial charge < -0.3 is 5.73 Å². The van der Waals surface area contributed by atoms with Crippen molar-refractivity contribution in [2.45, 2.75) is 19.9 Å². The third-order valence-electron chi connectivity index (χ3n) is 2.42. The standard InChI is InChI=1S/C11H13FN4/c1-2-10-11(13)14-15-16(10)7-8-4-3-5-9(12)6-8/h3-6H,2,7,13H2,1H3. The number of anilines is 1. The molecule has 0 spiro atoms. The molecule has 0 atom stereocenters. The van der Waals surface area contributed by atoms with Crippen LogP contribution in [0.15, 0.2) is 24.3 Å². The smallest absolute Gasteiger partial charge is 0.169 e. The average molecular weight is 220 g/mol. The molecule has 16 heavy (non-hydrogen) atoms. The summed E-state index contributed by atoms with van der Waals surface area (Å²) in [6.07, 6.45) is 0.758. The molecule has 0 unspecified atom stereocenters. The van der Waals surface area contributed by atoms with Crippen molar-refractivity contribution in [1.29, 1.82) is 0 Å². The van der Waals surface area contributed by atoms with Crippen LogP contribution in [0, 0.1) is 5.82 Å². The predicted octanol–water partition coefficient (Wildman–Crippen LogP) is 1.61. The molecule has 84 valence electrons. The van der Waals surface area contributed by atoms with E-state index in [9.17, 15) is 4.39 Å². The number of rotatable bonds is 3. The lowest BCUT2D eigenvalue weighted by Gasteiger charge is -2.05. The summed E-state index contributed by atoms with van der Waals surface area (Å²) >= 11 is 0. The maximum Gasteiger partial charge on any atom is 0.169 e. The summed E-state index contributed by atoms with van der Waals surface area (Å²) in [7, 11) is 0. The Kier molecular flexibility index (Phi) is 2.85. The Morgan fingerprint density at radius 1 is 1.44 bits per heavy atom. The van der Waals surface area contributed by atoms with Crippen molar-refractivity contribution in [3.05, 3.63) is 41.3 Å². The molecule has 0 fully saturated rings. The zero-order chi connectivity index (χ0) is 11.5. The second-order valence-corrected chi connectivity index (χ2v) is 3.56. The van der Waals surface area contributed by atoms with Crippen LogP contribution in [0.2, 0.25) is 0 Å². The van der Waals surface area contributed by atoms with Crippen LogP contribution >= 0.6 is 0 Å². The first kappa shape index (κ1) is 10.6. The molecule has 2 N–H and O–H groups in total. The first-order valence-electron chi connectivity index (χ1n) is 5.13. The molecule has 5 heteroatoms. The van der Waals surface area contributed by atoms with E-state index in [4.69, 9.17) is 5.73 Å². The summed E-state index contributed by atoms with van der Waals surface area (Å²) in [6.45, 7) is 2.47. The molecule has 0 saturated heterocycles. The molecule has 0 aliphatic carbocycles. The SMILES string of the molecule is CCc1c(N)nnn1Cc1cccc(F)c1. The van der Waals surface area contributed by atoms with Crippen molar-refractivity contribution in [2.75, 3.05) is 5.73 Å². The van der Waals surface area contributed by atoms with Crippen LogP contribution in [0.5, 0.6) is 0 Å². The topological polar surface area (TPSA) is 56.7 Å². The molecule has 0 aliphatic heterocycles. The van der Waals surface area contributed by atoms with Crippen LogP contribution in [0.4, 0.5) is 10.2 Å². The quantitative estimate of drug-likeness (QED) is 0.854. The average Bonchev–Trinajstić information content (AvgIpc) is 2.59. The van der Waals surface area contributed by atoms with Gasteiger partial charge in [0.1, 0.15) is 5.82 Å². The fraction of sp³-hybridized carbons (Fsp3) is 0.273. The van der Waals surface area contributed by atoms with Gasteiger partial charge >= 0.3 is 0 Å². The lowest BCUT2D eigenvalue weighted by Crippen LogP contribution is -2.06. The number of hydrogen-bond acceptors (Lipinski definition) is 3. The molecule has 1 heterocycles. The molecule has 0 amide bonds. The van der Waals surface area contributed by atoms with Gasteiger partial charge in [-0.05, 0) is 24.1 Å². The zero-order valence-electron chi connectivity index (χ0n) is 9.02. The van der Waals surface area contributed by atoms with Gasteiger partial charge in [0, 0.05) is 0 Å². The summed E-state index contributed by atoms with van der Waals surface area (Å²) in [5.74, 6) is 0.197. The fourth-order valence-corrected chi connectivity index (χ4v) is 1.65. The number of benzene rings is 1. The van der Waals surface area contributed by atoms with Gasteiger partial charge in [-0.1, -0.05) is 24.3 Å². The fourth-order valence-electron chi connectivity index (χ4n) is 1.65. The van der Waals surface area contributed by atoms with Gasteiger partial charge in [-0.2, -0.15) is 0 Å². The molecule has 1 aromatic heterocycles. The molecule has 1 aromatic carbocycles. The zero-order valence-corrected chi connectivity index (χ0v) is 9.02. The van der Waals surface area contributed by atoms with Crippen molar-refractivity contribution in [3.63, 3.8) is 0 Å². The Labute approximate surface area is 92.9 Å². The maximum absolute atomic E-state index is 13.0. The van der Waals surface area contributed by atoms with Crippen LogP contribution in [-0.4, -0.2) is 15.0 Å². The highest BCUT2D eigenvalue weighted by molar-refractivity contribution is 5.33. The minimum atomic E-state index is -0.247. The number of hydrogen-bond donors (Lipinski definition) is 1.